The number of carboxylic acids is 1. The Morgan fingerprint density at radius 1 is 1.43 bits per heavy atom. The number of aromatic nitrogens is 1. The summed E-state index contributed by atoms with van der Waals surface area (Å²) in [4.78, 5) is 14.1. The fourth-order valence-corrected chi connectivity index (χ4v) is 0.936. The lowest BCUT2D eigenvalue weighted by Crippen LogP contribution is -2.19. The molecule has 72 valence electrons. The third kappa shape index (κ3) is 3.67. The molecular formula is C11H10NO2-. The second-order valence-corrected chi connectivity index (χ2v) is 2.82. The van der Waals surface area contributed by atoms with E-state index in [1.54, 1.807) is 25.4 Å². The predicted octanol–water partition coefficient (Wildman–Crippen LogP) is 0.791. The zero-order valence-corrected chi connectivity index (χ0v) is 7.81. The van der Waals surface area contributed by atoms with Crippen LogP contribution in [0.25, 0.3) is 6.08 Å². The number of pyridine rings is 1. The van der Waals surface area contributed by atoms with Gasteiger partial charge in [-0.05, 0) is 36.3 Å². The number of rotatable bonds is 3. The first-order valence-electron chi connectivity index (χ1n) is 4.16. The van der Waals surface area contributed by atoms with E-state index in [0.717, 1.165) is 11.6 Å². The van der Waals surface area contributed by atoms with Gasteiger partial charge in [0.05, 0.1) is 5.97 Å². The Hall–Kier alpha value is -1.90. The minimum atomic E-state index is -1.18. The topological polar surface area (TPSA) is 53.0 Å². The van der Waals surface area contributed by atoms with Crippen molar-refractivity contribution in [2.75, 3.05) is 0 Å². The Morgan fingerprint density at radius 2 is 2.07 bits per heavy atom. The molecule has 0 aliphatic rings. The Morgan fingerprint density at radius 3 is 2.64 bits per heavy atom. The second kappa shape index (κ2) is 4.97. The summed E-state index contributed by atoms with van der Waals surface area (Å²) in [5, 5.41) is 10.2. The molecule has 3 nitrogen and oxygen atoms in total. The number of aliphatic carboxylic acids is 1. The highest BCUT2D eigenvalue weighted by molar-refractivity contribution is 5.79. The first-order chi connectivity index (χ1) is 6.68. The average molecular weight is 188 g/mol. The minimum Gasteiger partial charge on any atom is -0.545 e. The third-order valence-electron chi connectivity index (χ3n) is 1.59. The van der Waals surface area contributed by atoms with Crippen molar-refractivity contribution in [1.82, 2.24) is 4.98 Å². The summed E-state index contributed by atoms with van der Waals surface area (Å²) in [6, 6.07) is 3.67. The van der Waals surface area contributed by atoms with Crippen LogP contribution in [0.2, 0.25) is 0 Å². The molecule has 0 atom stereocenters. The van der Waals surface area contributed by atoms with Gasteiger partial charge in [0.1, 0.15) is 0 Å². The van der Waals surface area contributed by atoms with Crippen LogP contribution in [0, 0.1) is 0 Å². The van der Waals surface area contributed by atoms with Crippen molar-refractivity contribution >= 4 is 12.0 Å². The van der Waals surface area contributed by atoms with Crippen LogP contribution < -0.4 is 5.11 Å². The average Bonchev–Trinajstić information content (AvgIpc) is 2.15. The molecule has 0 bridgehead atoms. The summed E-state index contributed by atoms with van der Waals surface area (Å²) < 4.78 is 0. The maximum Gasteiger partial charge on any atom is 0.0645 e. The van der Waals surface area contributed by atoms with E-state index in [2.05, 4.69) is 4.98 Å². The molecule has 0 saturated carbocycles. The number of carbonyl (C=O) groups excluding carboxylic acids is 1. The van der Waals surface area contributed by atoms with Gasteiger partial charge in [0.15, 0.2) is 0 Å². The fraction of sp³-hybridized carbons (Fsp3) is 0.0909. The van der Waals surface area contributed by atoms with Crippen molar-refractivity contribution in [2.45, 2.75) is 6.92 Å². The molecular weight excluding hydrogens is 178 g/mol. The lowest BCUT2D eigenvalue weighted by atomic mass is 10.2. The Balaban J connectivity index is 2.70. The molecule has 1 aromatic heterocycles. The number of carbonyl (C=O) groups is 1. The first kappa shape index (κ1) is 10.2. The summed E-state index contributed by atoms with van der Waals surface area (Å²) in [6.45, 7) is 1.70. The quantitative estimate of drug-likeness (QED) is 0.520. The molecule has 1 rings (SSSR count). The molecule has 0 N–H and O–H groups in total. The second-order valence-electron chi connectivity index (χ2n) is 2.82. The van der Waals surface area contributed by atoms with Crippen molar-refractivity contribution in [3.8, 4) is 0 Å². The van der Waals surface area contributed by atoms with E-state index in [1.165, 1.54) is 0 Å². The maximum atomic E-state index is 10.2. The lowest BCUT2D eigenvalue weighted by Gasteiger charge is -1.95. The van der Waals surface area contributed by atoms with E-state index in [9.17, 15) is 9.90 Å². The van der Waals surface area contributed by atoms with E-state index in [-0.39, 0.29) is 0 Å². The van der Waals surface area contributed by atoms with E-state index in [4.69, 9.17) is 0 Å². The van der Waals surface area contributed by atoms with Gasteiger partial charge in [-0.2, -0.15) is 0 Å². The van der Waals surface area contributed by atoms with E-state index < -0.39 is 5.97 Å². The smallest absolute Gasteiger partial charge is 0.0645 e. The van der Waals surface area contributed by atoms with Crippen LogP contribution in [-0.2, 0) is 4.79 Å². The normalized spacial score (nSPS) is 11.9. The SMILES string of the molecule is CC(C=Cc1ccncc1)=CC(=O)[O-]. The van der Waals surface area contributed by atoms with E-state index in [1.807, 2.05) is 18.2 Å². The van der Waals surface area contributed by atoms with Gasteiger partial charge in [-0.25, -0.2) is 0 Å². The van der Waals surface area contributed by atoms with Gasteiger partial charge < -0.3 is 9.90 Å². The molecule has 0 saturated heterocycles. The molecule has 0 fully saturated rings. The molecule has 0 unspecified atom stereocenters. The number of allylic oxidation sites excluding steroid dienone is 2. The van der Waals surface area contributed by atoms with Crippen molar-refractivity contribution in [1.29, 1.82) is 0 Å². The highest BCUT2D eigenvalue weighted by Gasteiger charge is 1.84. The summed E-state index contributed by atoms with van der Waals surface area (Å²) in [5.74, 6) is -1.18. The van der Waals surface area contributed by atoms with Crippen molar-refractivity contribution < 1.29 is 9.90 Å². The summed E-state index contributed by atoms with van der Waals surface area (Å²) >= 11 is 0. The van der Waals surface area contributed by atoms with Gasteiger partial charge in [0.2, 0.25) is 0 Å². The summed E-state index contributed by atoms with van der Waals surface area (Å²) in [5.41, 5.74) is 1.62. The molecule has 0 spiro atoms. The highest BCUT2D eigenvalue weighted by atomic mass is 16.4. The first-order valence-corrected chi connectivity index (χ1v) is 4.16. The van der Waals surface area contributed by atoms with Crippen LogP contribution in [0.15, 0.2) is 42.3 Å². The van der Waals surface area contributed by atoms with Crippen molar-refractivity contribution in [3.63, 3.8) is 0 Å². The standard InChI is InChI=1S/C11H11NO2/c1-9(8-11(13)14)2-3-10-4-6-12-7-5-10/h2-8H,1H3,(H,13,14)/p-1. The van der Waals surface area contributed by atoms with Gasteiger partial charge >= 0.3 is 0 Å². The zero-order valence-electron chi connectivity index (χ0n) is 7.81. The minimum absolute atomic E-state index is 0.641. The lowest BCUT2D eigenvalue weighted by molar-refractivity contribution is -0.297. The molecule has 0 aliphatic heterocycles. The molecule has 1 aromatic rings. The molecule has 0 amide bonds. The van der Waals surface area contributed by atoms with Crippen molar-refractivity contribution in [3.05, 3.63) is 47.8 Å². The number of nitrogens with zero attached hydrogens (tertiary/aromatic N) is 1. The van der Waals surface area contributed by atoms with Crippen LogP contribution in [0.4, 0.5) is 0 Å². The zero-order chi connectivity index (χ0) is 10.4. The van der Waals surface area contributed by atoms with Crippen molar-refractivity contribution in [2.24, 2.45) is 0 Å². The molecule has 1 heterocycles. The Labute approximate surface area is 82.4 Å². The molecule has 0 aliphatic carbocycles. The van der Waals surface area contributed by atoms with Gasteiger partial charge in [-0.15, -0.1) is 0 Å². The molecule has 3 heteroatoms. The molecule has 0 radical (unpaired) electrons. The number of hydrogen-bond donors (Lipinski definition) is 0. The van der Waals surface area contributed by atoms with Gasteiger partial charge in [-0.1, -0.05) is 12.2 Å². The Kier molecular flexibility index (Phi) is 3.61. The number of carboxylic acid groups (broad SMARTS) is 1. The van der Waals surface area contributed by atoms with Crippen LogP contribution in [0.5, 0.6) is 0 Å². The van der Waals surface area contributed by atoms with Gasteiger partial charge in [0.25, 0.3) is 0 Å². The number of hydrogen-bond acceptors (Lipinski definition) is 3. The van der Waals surface area contributed by atoms with Crippen LogP contribution in [0.1, 0.15) is 12.5 Å². The maximum absolute atomic E-state index is 10.2. The van der Waals surface area contributed by atoms with Gasteiger partial charge in [-0.3, -0.25) is 4.98 Å². The van der Waals surface area contributed by atoms with Crippen LogP contribution in [-0.4, -0.2) is 11.0 Å². The fourth-order valence-electron chi connectivity index (χ4n) is 0.936. The monoisotopic (exact) mass is 188 g/mol. The Bertz CT molecular complexity index is 366. The molecule has 0 aromatic carbocycles. The van der Waals surface area contributed by atoms with Crippen LogP contribution >= 0.6 is 0 Å². The predicted molar refractivity (Wildman–Crippen MR) is 52.0 cm³/mol. The van der Waals surface area contributed by atoms with Crippen LogP contribution in [0.3, 0.4) is 0 Å². The van der Waals surface area contributed by atoms with E-state index >= 15 is 0 Å². The highest BCUT2D eigenvalue weighted by Crippen LogP contribution is 2.02. The summed E-state index contributed by atoms with van der Waals surface area (Å²) in [7, 11) is 0. The molecule has 14 heavy (non-hydrogen) atoms. The van der Waals surface area contributed by atoms with E-state index in [0.29, 0.717) is 5.57 Å². The third-order valence-corrected chi connectivity index (χ3v) is 1.59. The van der Waals surface area contributed by atoms with Gasteiger partial charge in [0, 0.05) is 12.4 Å². The summed E-state index contributed by atoms with van der Waals surface area (Å²) in [6.07, 6.45) is 7.94. The largest absolute Gasteiger partial charge is 0.545 e.